The lowest BCUT2D eigenvalue weighted by Gasteiger charge is -2.18. The van der Waals surface area contributed by atoms with Gasteiger partial charge in [-0.2, -0.15) is 0 Å². The normalized spacial score (nSPS) is 14.8. The third-order valence-electron chi connectivity index (χ3n) is 3.56. The molecule has 0 aromatic heterocycles. The summed E-state index contributed by atoms with van der Waals surface area (Å²) in [5.74, 6) is -0.293. The molecule has 108 valence electrons. The van der Waals surface area contributed by atoms with Gasteiger partial charge in [-0.05, 0) is 25.1 Å². The Labute approximate surface area is 119 Å². The van der Waals surface area contributed by atoms with E-state index in [2.05, 4.69) is 10.6 Å². The molecule has 20 heavy (non-hydrogen) atoms. The molecule has 1 heterocycles. The lowest BCUT2D eigenvalue weighted by Crippen LogP contribution is -2.42. The van der Waals surface area contributed by atoms with Gasteiger partial charge >= 0.3 is 0 Å². The SMILES string of the molecule is CNCC(C)C(=O)NCC(=O)N1CCc2ccccc21. The number of hydrogen-bond acceptors (Lipinski definition) is 3. The summed E-state index contributed by atoms with van der Waals surface area (Å²) in [5, 5.41) is 5.65. The van der Waals surface area contributed by atoms with Crippen molar-refractivity contribution in [3.8, 4) is 0 Å². The van der Waals surface area contributed by atoms with Crippen LogP contribution in [0.2, 0.25) is 0 Å². The highest BCUT2D eigenvalue weighted by Crippen LogP contribution is 2.27. The van der Waals surface area contributed by atoms with Crippen molar-refractivity contribution in [3.63, 3.8) is 0 Å². The summed E-state index contributed by atoms with van der Waals surface area (Å²) in [6.45, 7) is 3.19. The number of fused-ring (bicyclic) bond motifs is 1. The number of nitrogens with one attached hydrogen (secondary N) is 2. The number of benzene rings is 1. The van der Waals surface area contributed by atoms with E-state index < -0.39 is 0 Å². The van der Waals surface area contributed by atoms with Gasteiger partial charge in [0.25, 0.3) is 0 Å². The molecular formula is C15H21N3O2. The van der Waals surface area contributed by atoms with Crippen LogP contribution in [0.25, 0.3) is 0 Å². The molecule has 5 heteroatoms. The average molecular weight is 275 g/mol. The molecule has 0 saturated heterocycles. The van der Waals surface area contributed by atoms with Gasteiger partial charge in [-0.15, -0.1) is 0 Å². The molecular weight excluding hydrogens is 254 g/mol. The third-order valence-corrected chi connectivity index (χ3v) is 3.56. The molecule has 2 rings (SSSR count). The van der Waals surface area contributed by atoms with E-state index in [4.69, 9.17) is 0 Å². The molecule has 1 unspecified atom stereocenters. The smallest absolute Gasteiger partial charge is 0.246 e. The molecule has 0 saturated carbocycles. The zero-order chi connectivity index (χ0) is 14.5. The minimum Gasteiger partial charge on any atom is -0.347 e. The maximum Gasteiger partial charge on any atom is 0.246 e. The summed E-state index contributed by atoms with van der Waals surface area (Å²) in [4.78, 5) is 25.7. The number of carbonyl (C=O) groups is 2. The van der Waals surface area contributed by atoms with Gasteiger partial charge in [0.1, 0.15) is 0 Å². The number of rotatable bonds is 5. The largest absolute Gasteiger partial charge is 0.347 e. The Hall–Kier alpha value is -1.88. The van der Waals surface area contributed by atoms with Crippen LogP contribution in [-0.2, 0) is 16.0 Å². The van der Waals surface area contributed by atoms with Gasteiger partial charge in [0, 0.05) is 24.7 Å². The van der Waals surface area contributed by atoms with E-state index in [1.165, 1.54) is 5.56 Å². The highest BCUT2D eigenvalue weighted by Gasteiger charge is 2.24. The van der Waals surface area contributed by atoms with E-state index in [1.54, 1.807) is 11.9 Å². The molecule has 0 spiro atoms. The van der Waals surface area contributed by atoms with Crippen LogP contribution in [0.15, 0.2) is 24.3 Å². The molecule has 1 atom stereocenters. The van der Waals surface area contributed by atoms with Crippen LogP contribution < -0.4 is 15.5 Å². The Morgan fingerprint density at radius 3 is 2.85 bits per heavy atom. The van der Waals surface area contributed by atoms with E-state index >= 15 is 0 Å². The third kappa shape index (κ3) is 3.17. The maximum absolute atomic E-state index is 12.2. The summed E-state index contributed by atoms with van der Waals surface area (Å²) in [7, 11) is 1.80. The topological polar surface area (TPSA) is 61.4 Å². The fourth-order valence-electron chi connectivity index (χ4n) is 2.43. The second-order valence-corrected chi connectivity index (χ2v) is 5.10. The van der Waals surface area contributed by atoms with Crippen molar-refractivity contribution in [2.24, 2.45) is 5.92 Å². The molecule has 0 bridgehead atoms. The molecule has 0 aliphatic carbocycles. The van der Waals surface area contributed by atoms with Crippen LogP contribution >= 0.6 is 0 Å². The van der Waals surface area contributed by atoms with E-state index in [9.17, 15) is 9.59 Å². The maximum atomic E-state index is 12.2. The fraction of sp³-hybridized carbons (Fsp3) is 0.467. The number of para-hydroxylation sites is 1. The van der Waals surface area contributed by atoms with Crippen LogP contribution in [0.1, 0.15) is 12.5 Å². The van der Waals surface area contributed by atoms with Crippen molar-refractivity contribution in [1.29, 1.82) is 0 Å². The zero-order valence-electron chi connectivity index (χ0n) is 12.0. The molecule has 0 radical (unpaired) electrons. The number of hydrogen-bond donors (Lipinski definition) is 2. The van der Waals surface area contributed by atoms with E-state index in [0.29, 0.717) is 13.1 Å². The highest BCUT2D eigenvalue weighted by molar-refractivity contribution is 5.98. The Bertz CT molecular complexity index is 502. The molecule has 2 N–H and O–H groups in total. The van der Waals surface area contributed by atoms with Crippen molar-refractivity contribution in [2.75, 3.05) is 31.6 Å². The number of anilines is 1. The van der Waals surface area contributed by atoms with Crippen LogP contribution in [-0.4, -0.2) is 38.5 Å². The molecule has 2 amide bonds. The Kier molecular flexibility index (Phi) is 4.74. The molecule has 1 aliphatic rings. The fourth-order valence-corrected chi connectivity index (χ4v) is 2.43. The second-order valence-electron chi connectivity index (χ2n) is 5.10. The van der Waals surface area contributed by atoms with Crippen molar-refractivity contribution >= 4 is 17.5 Å². The standard InChI is InChI=1S/C15H21N3O2/c1-11(9-16-2)15(20)17-10-14(19)18-8-7-12-5-3-4-6-13(12)18/h3-6,11,16H,7-10H2,1-2H3,(H,17,20). The number of carbonyl (C=O) groups excluding carboxylic acids is 2. The summed E-state index contributed by atoms with van der Waals surface area (Å²) < 4.78 is 0. The van der Waals surface area contributed by atoms with Gasteiger partial charge < -0.3 is 15.5 Å². The Morgan fingerprint density at radius 1 is 1.35 bits per heavy atom. The quantitative estimate of drug-likeness (QED) is 0.825. The summed E-state index contributed by atoms with van der Waals surface area (Å²) in [6, 6.07) is 7.90. The first kappa shape index (κ1) is 14.5. The van der Waals surface area contributed by atoms with Crippen LogP contribution in [0.4, 0.5) is 5.69 Å². The first-order valence-electron chi connectivity index (χ1n) is 6.94. The molecule has 5 nitrogen and oxygen atoms in total. The van der Waals surface area contributed by atoms with E-state index in [-0.39, 0.29) is 24.3 Å². The van der Waals surface area contributed by atoms with Crippen molar-refractivity contribution in [1.82, 2.24) is 10.6 Å². The van der Waals surface area contributed by atoms with Crippen molar-refractivity contribution < 1.29 is 9.59 Å². The lowest BCUT2D eigenvalue weighted by molar-refractivity contribution is -0.127. The van der Waals surface area contributed by atoms with Gasteiger partial charge in [0.05, 0.1) is 6.54 Å². The summed E-state index contributed by atoms with van der Waals surface area (Å²) in [5.41, 5.74) is 2.16. The predicted octanol–water partition coefficient (Wildman–Crippen LogP) is 0.547. The van der Waals surface area contributed by atoms with E-state index in [1.807, 2.05) is 31.2 Å². The number of amides is 2. The van der Waals surface area contributed by atoms with Crippen LogP contribution in [0, 0.1) is 5.92 Å². The van der Waals surface area contributed by atoms with Gasteiger partial charge in [-0.25, -0.2) is 0 Å². The summed E-state index contributed by atoms with van der Waals surface area (Å²) in [6.07, 6.45) is 0.881. The minimum atomic E-state index is -0.140. The average Bonchev–Trinajstić information content (AvgIpc) is 2.88. The van der Waals surface area contributed by atoms with Gasteiger partial charge in [0.15, 0.2) is 0 Å². The van der Waals surface area contributed by atoms with E-state index in [0.717, 1.165) is 12.1 Å². The molecule has 1 aliphatic heterocycles. The monoisotopic (exact) mass is 275 g/mol. The second kappa shape index (κ2) is 6.52. The summed E-state index contributed by atoms with van der Waals surface area (Å²) >= 11 is 0. The predicted molar refractivity (Wildman–Crippen MR) is 78.6 cm³/mol. The van der Waals surface area contributed by atoms with Gasteiger partial charge in [-0.1, -0.05) is 25.1 Å². The highest BCUT2D eigenvalue weighted by atomic mass is 16.2. The van der Waals surface area contributed by atoms with Crippen molar-refractivity contribution in [3.05, 3.63) is 29.8 Å². The van der Waals surface area contributed by atoms with Crippen LogP contribution in [0.3, 0.4) is 0 Å². The van der Waals surface area contributed by atoms with Gasteiger partial charge in [0.2, 0.25) is 11.8 Å². The Balaban J connectivity index is 1.89. The zero-order valence-corrected chi connectivity index (χ0v) is 12.0. The molecule has 1 aromatic carbocycles. The van der Waals surface area contributed by atoms with Crippen LogP contribution in [0.5, 0.6) is 0 Å². The Morgan fingerprint density at radius 2 is 2.10 bits per heavy atom. The first-order chi connectivity index (χ1) is 9.63. The van der Waals surface area contributed by atoms with Gasteiger partial charge in [-0.3, -0.25) is 9.59 Å². The first-order valence-corrected chi connectivity index (χ1v) is 6.94. The molecule has 0 fully saturated rings. The lowest BCUT2D eigenvalue weighted by atomic mass is 10.1. The number of nitrogens with zero attached hydrogens (tertiary/aromatic N) is 1. The molecule has 1 aromatic rings. The van der Waals surface area contributed by atoms with Crippen molar-refractivity contribution in [2.45, 2.75) is 13.3 Å². The minimum absolute atomic E-state index is 0.0556.